The number of benzene rings is 7. The maximum atomic E-state index is 6.13. The Bertz CT molecular complexity index is 3320. The highest BCUT2D eigenvalue weighted by molar-refractivity contribution is 6.13. The monoisotopic (exact) mass is 689 g/mol. The third kappa shape index (κ3) is 4.22. The molecule has 1 aliphatic rings. The highest BCUT2D eigenvalue weighted by atomic mass is 16.3. The van der Waals surface area contributed by atoms with Crippen molar-refractivity contribution in [3.63, 3.8) is 0 Å². The molecule has 7 aromatic carbocycles. The minimum atomic E-state index is 0.578. The van der Waals surface area contributed by atoms with Crippen LogP contribution < -0.4 is 0 Å². The number of rotatable bonds is 4. The predicted molar refractivity (Wildman–Crippen MR) is 217 cm³/mol. The van der Waals surface area contributed by atoms with Gasteiger partial charge in [0, 0.05) is 38.2 Å². The van der Waals surface area contributed by atoms with Gasteiger partial charge in [0.25, 0.3) is 0 Å². The van der Waals surface area contributed by atoms with E-state index in [-0.39, 0.29) is 0 Å². The normalized spacial score (nSPS) is 12.1. The molecule has 0 fully saturated rings. The molecule has 0 saturated heterocycles. The second-order valence-corrected chi connectivity index (χ2v) is 13.8. The van der Waals surface area contributed by atoms with Gasteiger partial charge in [0.15, 0.2) is 11.5 Å². The average molecular weight is 690 g/mol. The molecule has 11 aromatic rings. The van der Waals surface area contributed by atoms with Crippen molar-refractivity contribution in [2.45, 2.75) is 0 Å². The number of nitrogens with zero attached hydrogens (tertiary/aromatic N) is 5. The van der Waals surface area contributed by atoms with Gasteiger partial charge in [-0.25, -0.2) is 15.0 Å². The molecule has 6 nitrogen and oxygen atoms in total. The van der Waals surface area contributed by atoms with E-state index in [4.69, 9.17) is 24.4 Å². The van der Waals surface area contributed by atoms with E-state index >= 15 is 0 Å². The molecule has 0 unspecified atom stereocenters. The van der Waals surface area contributed by atoms with E-state index in [1.54, 1.807) is 0 Å². The summed E-state index contributed by atoms with van der Waals surface area (Å²) in [6.45, 7) is 0. The minimum Gasteiger partial charge on any atom is -0.456 e. The Hall–Kier alpha value is -7.44. The van der Waals surface area contributed by atoms with Crippen molar-refractivity contribution in [3.05, 3.63) is 164 Å². The van der Waals surface area contributed by atoms with Gasteiger partial charge in [0.2, 0.25) is 5.95 Å². The fraction of sp³-hybridized carbons (Fsp3) is 0. The number of furan rings is 1. The third-order valence-electron chi connectivity index (χ3n) is 10.8. The van der Waals surface area contributed by atoms with E-state index in [0.29, 0.717) is 17.4 Å². The number of hydrogen-bond donors (Lipinski definition) is 0. The highest BCUT2D eigenvalue weighted by Gasteiger charge is 2.28. The average Bonchev–Trinajstić information content (AvgIpc) is 3.89. The molecule has 12 rings (SSSR count). The first-order chi connectivity index (χ1) is 26.7. The van der Waals surface area contributed by atoms with E-state index in [0.717, 1.165) is 93.9 Å². The Kier molecular flexibility index (Phi) is 5.96. The van der Waals surface area contributed by atoms with E-state index in [1.807, 2.05) is 18.2 Å². The van der Waals surface area contributed by atoms with Gasteiger partial charge in [0.05, 0.1) is 27.8 Å². The summed E-state index contributed by atoms with van der Waals surface area (Å²) in [4.78, 5) is 20.8. The minimum absolute atomic E-state index is 0.578. The number of fused-ring (bicyclic) bond motifs is 9. The van der Waals surface area contributed by atoms with Crippen LogP contribution in [0.2, 0.25) is 0 Å². The SMILES string of the molecule is c1ccc(-c2ccc(-c3nc4c5c(nc(-n6c7ccccc7c7cc(-c8ccc9oc%10ccccc%10c9c8)ccc76)nc5n3)-c3ccccc3-4)cc2)cc1. The van der Waals surface area contributed by atoms with Gasteiger partial charge in [-0.1, -0.05) is 127 Å². The van der Waals surface area contributed by atoms with Crippen LogP contribution in [0.1, 0.15) is 0 Å². The Morgan fingerprint density at radius 2 is 0.981 bits per heavy atom. The molecular formula is C48H27N5O. The summed E-state index contributed by atoms with van der Waals surface area (Å²) in [5, 5.41) is 5.38. The molecule has 0 aliphatic heterocycles. The smallest absolute Gasteiger partial charge is 0.237 e. The summed E-state index contributed by atoms with van der Waals surface area (Å²) in [6.07, 6.45) is 0. The lowest BCUT2D eigenvalue weighted by molar-refractivity contribution is 0.669. The molecule has 54 heavy (non-hydrogen) atoms. The first kappa shape index (κ1) is 29.2. The summed E-state index contributed by atoms with van der Waals surface area (Å²) in [7, 11) is 0. The Morgan fingerprint density at radius 1 is 0.389 bits per heavy atom. The topological polar surface area (TPSA) is 69.6 Å². The largest absolute Gasteiger partial charge is 0.456 e. The lowest BCUT2D eigenvalue weighted by atomic mass is 10.0. The zero-order valence-electron chi connectivity index (χ0n) is 28.7. The molecule has 0 bridgehead atoms. The second kappa shape index (κ2) is 11.0. The second-order valence-electron chi connectivity index (χ2n) is 13.8. The van der Waals surface area contributed by atoms with Gasteiger partial charge >= 0.3 is 0 Å². The van der Waals surface area contributed by atoms with Gasteiger partial charge in [-0.15, -0.1) is 0 Å². The Labute approximate surface area is 308 Å². The summed E-state index contributed by atoms with van der Waals surface area (Å²) in [6, 6.07) is 57.0. The summed E-state index contributed by atoms with van der Waals surface area (Å²) < 4.78 is 8.30. The Balaban J connectivity index is 1.05. The highest BCUT2D eigenvalue weighted by Crippen LogP contribution is 2.46. The first-order valence-corrected chi connectivity index (χ1v) is 18.1. The van der Waals surface area contributed by atoms with Gasteiger partial charge in [0.1, 0.15) is 11.2 Å². The molecule has 0 radical (unpaired) electrons. The van der Waals surface area contributed by atoms with Gasteiger partial charge in [-0.05, 0) is 58.7 Å². The van der Waals surface area contributed by atoms with E-state index in [1.165, 1.54) is 5.56 Å². The quantitative estimate of drug-likeness (QED) is 0.184. The zero-order chi connectivity index (χ0) is 35.3. The molecule has 0 N–H and O–H groups in total. The third-order valence-corrected chi connectivity index (χ3v) is 10.8. The summed E-state index contributed by atoms with van der Waals surface area (Å²) in [5.74, 6) is 1.22. The van der Waals surface area contributed by atoms with Crippen LogP contribution in [-0.4, -0.2) is 24.5 Å². The van der Waals surface area contributed by atoms with Crippen molar-refractivity contribution in [2.24, 2.45) is 0 Å². The first-order valence-electron chi connectivity index (χ1n) is 18.1. The van der Waals surface area contributed by atoms with Crippen LogP contribution in [0.25, 0.3) is 117 Å². The van der Waals surface area contributed by atoms with Crippen molar-refractivity contribution in [2.75, 3.05) is 0 Å². The lowest BCUT2D eigenvalue weighted by Gasteiger charge is -2.10. The molecular weight excluding hydrogens is 663 g/mol. The van der Waals surface area contributed by atoms with Crippen LogP contribution in [0, 0.1) is 0 Å². The number of aromatic nitrogens is 5. The molecule has 4 heterocycles. The fourth-order valence-corrected chi connectivity index (χ4v) is 8.25. The van der Waals surface area contributed by atoms with Crippen LogP contribution in [0.5, 0.6) is 0 Å². The molecule has 0 saturated carbocycles. The molecule has 250 valence electrons. The van der Waals surface area contributed by atoms with Gasteiger partial charge in [-0.3, -0.25) is 4.57 Å². The molecule has 0 amide bonds. The summed E-state index contributed by atoms with van der Waals surface area (Å²) >= 11 is 0. The zero-order valence-corrected chi connectivity index (χ0v) is 28.7. The van der Waals surface area contributed by atoms with Gasteiger partial charge < -0.3 is 4.42 Å². The fourth-order valence-electron chi connectivity index (χ4n) is 8.25. The van der Waals surface area contributed by atoms with Crippen LogP contribution in [0.3, 0.4) is 0 Å². The predicted octanol–water partition coefficient (Wildman–Crippen LogP) is 12.1. The number of para-hydroxylation sites is 2. The van der Waals surface area contributed by atoms with Crippen LogP contribution >= 0.6 is 0 Å². The van der Waals surface area contributed by atoms with Gasteiger partial charge in [-0.2, -0.15) is 4.98 Å². The summed E-state index contributed by atoms with van der Waals surface area (Å²) in [5.41, 5.74) is 13.8. The lowest BCUT2D eigenvalue weighted by Crippen LogP contribution is -2.04. The molecule has 0 atom stereocenters. The maximum Gasteiger partial charge on any atom is 0.237 e. The van der Waals surface area contributed by atoms with Crippen LogP contribution in [0.15, 0.2) is 168 Å². The van der Waals surface area contributed by atoms with Crippen molar-refractivity contribution in [3.8, 4) is 62.1 Å². The van der Waals surface area contributed by atoms with E-state index in [9.17, 15) is 0 Å². The van der Waals surface area contributed by atoms with Crippen molar-refractivity contribution < 1.29 is 4.42 Å². The standard InChI is InChI=1S/C48H27N5O/c1-2-10-28(11-3-1)29-18-20-30(21-19-29)46-49-44-35-14-4-5-15-36(35)45-43(44)47(51-46)52-48(50-45)53-39-16-8-6-12-33(39)37-26-31(22-24-40(37)53)32-23-25-42-38(27-32)34-13-7-9-17-41(34)54-42/h1-27H. The maximum absolute atomic E-state index is 6.13. The van der Waals surface area contributed by atoms with Crippen molar-refractivity contribution in [1.82, 2.24) is 24.5 Å². The molecule has 0 spiro atoms. The van der Waals surface area contributed by atoms with Crippen molar-refractivity contribution >= 4 is 54.8 Å². The van der Waals surface area contributed by atoms with Crippen molar-refractivity contribution in [1.29, 1.82) is 0 Å². The molecule has 6 heteroatoms. The molecule has 1 aliphatic carbocycles. The van der Waals surface area contributed by atoms with E-state index < -0.39 is 0 Å². The number of hydrogen-bond acceptors (Lipinski definition) is 5. The Morgan fingerprint density at radius 3 is 1.81 bits per heavy atom. The molecule has 4 aromatic heterocycles. The van der Waals surface area contributed by atoms with E-state index in [2.05, 4.69) is 150 Å². The van der Waals surface area contributed by atoms with Crippen LogP contribution in [0.4, 0.5) is 0 Å². The van der Waals surface area contributed by atoms with Crippen LogP contribution in [-0.2, 0) is 0 Å².